The molecule has 2 bridgehead atoms. The fraction of sp³-hybridized carbons (Fsp3) is 1.00. The van der Waals surface area contributed by atoms with Crippen LogP contribution in [0.4, 0.5) is 0 Å². The van der Waals surface area contributed by atoms with Crippen LogP contribution in [0.1, 0.15) is 38.5 Å². The van der Waals surface area contributed by atoms with E-state index in [1.54, 1.807) is 0 Å². The van der Waals surface area contributed by atoms with Crippen LogP contribution in [0.5, 0.6) is 0 Å². The fourth-order valence-electron chi connectivity index (χ4n) is 3.15. The van der Waals surface area contributed by atoms with Crippen molar-refractivity contribution in [1.29, 1.82) is 0 Å². The molecule has 1 aliphatic carbocycles. The molecule has 0 amide bonds. The van der Waals surface area contributed by atoms with Crippen molar-refractivity contribution in [2.75, 3.05) is 0 Å². The molecule has 0 radical (unpaired) electrons. The molecule has 2 heteroatoms. The van der Waals surface area contributed by atoms with Gasteiger partial charge in [0.05, 0.1) is 6.10 Å². The quantitative estimate of drug-likeness (QED) is 0.633. The number of hydrogen-bond donors (Lipinski definition) is 1. The summed E-state index contributed by atoms with van der Waals surface area (Å²) in [6, 6.07) is 2.40. The van der Waals surface area contributed by atoms with Gasteiger partial charge in [-0.2, -0.15) is 0 Å². The first-order chi connectivity index (χ1) is 5.84. The Balaban J connectivity index is 1.78. The zero-order valence-electron chi connectivity index (χ0n) is 7.45. The molecule has 2 atom stereocenters. The van der Waals surface area contributed by atoms with Gasteiger partial charge in [-0.1, -0.05) is 0 Å². The van der Waals surface area contributed by atoms with Crippen molar-refractivity contribution in [2.24, 2.45) is 0 Å². The van der Waals surface area contributed by atoms with Crippen LogP contribution in [0.15, 0.2) is 0 Å². The summed E-state index contributed by atoms with van der Waals surface area (Å²) in [6.07, 6.45) is 7.64. The molecule has 0 unspecified atom stereocenters. The summed E-state index contributed by atoms with van der Waals surface area (Å²) in [7, 11) is 0. The number of hydrogen-bond acceptors (Lipinski definition) is 2. The van der Waals surface area contributed by atoms with E-state index in [0.717, 1.165) is 31.0 Å². The van der Waals surface area contributed by atoms with Crippen LogP contribution >= 0.6 is 0 Å². The van der Waals surface area contributed by atoms with E-state index in [4.69, 9.17) is 0 Å². The molecular formula is C10H17NO. The van der Waals surface area contributed by atoms with E-state index in [9.17, 15) is 5.11 Å². The van der Waals surface area contributed by atoms with E-state index >= 15 is 0 Å². The Kier molecular flexibility index (Phi) is 1.50. The first kappa shape index (κ1) is 7.34. The number of fused-ring (bicyclic) bond motifs is 2. The van der Waals surface area contributed by atoms with Crippen molar-refractivity contribution in [3.8, 4) is 0 Å². The highest BCUT2D eigenvalue weighted by molar-refractivity contribution is 5.01. The topological polar surface area (TPSA) is 23.5 Å². The van der Waals surface area contributed by atoms with E-state index in [1.807, 2.05) is 0 Å². The lowest BCUT2D eigenvalue weighted by atomic mass is 10.00. The van der Waals surface area contributed by atoms with Crippen LogP contribution in [0.3, 0.4) is 0 Å². The van der Waals surface area contributed by atoms with Gasteiger partial charge in [-0.3, -0.25) is 4.90 Å². The molecule has 0 aromatic heterocycles. The van der Waals surface area contributed by atoms with Gasteiger partial charge in [-0.15, -0.1) is 0 Å². The number of piperidine rings is 1. The highest BCUT2D eigenvalue weighted by Gasteiger charge is 2.46. The minimum absolute atomic E-state index is 0.0116. The SMILES string of the molecule is OC1C[C@H]2CC[C@H](C1)N2C1CC1. The molecular weight excluding hydrogens is 150 g/mol. The molecule has 3 aliphatic rings. The average Bonchev–Trinajstić information content (AvgIpc) is 2.80. The second-order valence-corrected chi connectivity index (χ2v) is 4.69. The summed E-state index contributed by atoms with van der Waals surface area (Å²) in [4.78, 5) is 2.72. The summed E-state index contributed by atoms with van der Waals surface area (Å²) in [6.45, 7) is 0. The summed E-state index contributed by atoms with van der Waals surface area (Å²) in [5.74, 6) is 0. The molecule has 0 spiro atoms. The molecule has 1 saturated carbocycles. The van der Waals surface area contributed by atoms with Gasteiger partial charge in [0.2, 0.25) is 0 Å². The lowest BCUT2D eigenvalue weighted by Crippen LogP contribution is -2.45. The Morgan fingerprint density at radius 3 is 1.83 bits per heavy atom. The summed E-state index contributed by atoms with van der Waals surface area (Å²) in [5, 5.41) is 9.58. The molecule has 68 valence electrons. The van der Waals surface area contributed by atoms with Crippen molar-refractivity contribution in [3.05, 3.63) is 0 Å². The van der Waals surface area contributed by atoms with Crippen molar-refractivity contribution in [2.45, 2.75) is 62.8 Å². The Morgan fingerprint density at radius 2 is 1.33 bits per heavy atom. The van der Waals surface area contributed by atoms with Crippen molar-refractivity contribution >= 4 is 0 Å². The van der Waals surface area contributed by atoms with Crippen LogP contribution in [0, 0.1) is 0 Å². The zero-order valence-corrected chi connectivity index (χ0v) is 7.45. The molecule has 0 aromatic carbocycles. The maximum absolute atomic E-state index is 9.58. The third-order valence-electron chi connectivity index (χ3n) is 3.73. The van der Waals surface area contributed by atoms with E-state index in [1.165, 1.54) is 25.7 Å². The van der Waals surface area contributed by atoms with Gasteiger partial charge in [-0.25, -0.2) is 0 Å². The third kappa shape index (κ3) is 1.01. The zero-order chi connectivity index (χ0) is 8.13. The van der Waals surface area contributed by atoms with Crippen LogP contribution in [-0.4, -0.2) is 34.2 Å². The van der Waals surface area contributed by atoms with Gasteiger partial charge < -0.3 is 5.11 Å². The Labute approximate surface area is 73.6 Å². The number of aliphatic hydroxyl groups is 1. The lowest BCUT2D eigenvalue weighted by Gasteiger charge is -2.37. The predicted octanol–water partition coefficient (Wildman–Crippen LogP) is 1.14. The average molecular weight is 167 g/mol. The van der Waals surface area contributed by atoms with E-state index in [0.29, 0.717) is 0 Å². The van der Waals surface area contributed by atoms with Gasteiger partial charge in [0.15, 0.2) is 0 Å². The fourth-order valence-corrected chi connectivity index (χ4v) is 3.15. The van der Waals surface area contributed by atoms with Gasteiger partial charge >= 0.3 is 0 Å². The second-order valence-electron chi connectivity index (χ2n) is 4.69. The van der Waals surface area contributed by atoms with E-state index < -0.39 is 0 Å². The Hall–Kier alpha value is -0.0800. The van der Waals surface area contributed by atoms with Crippen molar-refractivity contribution in [1.82, 2.24) is 4.90 Å². The maximum atomic E-state index is 9.58. The summed E-state index contributed by atoms with van der Waals surface area (Å²) in [5.41, 5.74) is 0. The first-order valence-electron chi connectivity index (χ1n) is 5.30. The van der Waals surface area contributed by atoms with Crippen LogP contribution in [-0.2, 0) is 0 Å². The van der Waals surface area contributed by atoms with Crippen LogP contribution in [0.25, 0.3) is 0 Å². The van der Waals surface area contributed by atoms with Gasteiger partial charge in [0.1, 0.15) is 0 Å². The molecule has 1 N–H and O–H groups in total. The molecule has 2 heterocycles. The third-order valence-corrected chi connectivity index (χ3v) is 3.73. The molecule has 3 fully saturated rings. The number of aliphatic hydroxyl groups excluding tert-OH is 1. The van der Waals surface area contributed by atoms with Crippen LogP contribution < -0.4 is 0 Å². The molecule has 2 nitrogen and oxygen atoms in total. The predicted molar refractivity (Wildman–Crippen MR) is 46.9 cm³/mol. The Bertz CT molecular complexity index is 176. The molecule has 0 aromatic rings. The standard InChI is InChI=1S/C10H17NO/c12-10-5-8-3-4-9(6-10)11(8)7-1-2-7/h7-10,12H,1-6H2/t8-,9-/m1/s1. The van der Waals surface area contributed by atoms with Gasteiger partial charge in [0, 0.05) is 18.1 Å². The van der Waals surface area contributed by atoms with Crippen LogP contribution in [0.2, 0.25) is 0 Å². The molecule has 12 heavy (non-hydrogen) atoms. The van der Waals surface area contributed by atoms with E-state index in [-0.39, 0.29) is 6.10 Å². The largest absolute Gasteiger partial charge is 0.393 e. The second kappa shape index (κ2) is 2.46. The van der Waals surface area contributed by atoms with Gasteiger partial charge in [-0.05, 0) is 38.5 Å². The molecule has 2 saturated heterocycles. The van der Waals surface area contributed by atoms with E-state index in [2.05, 4.69) is 4.90 Å². The summed E-state index contributed by atoms with van der Waals surface area (Å²) < 4.78 is 0. The van der Waals surface area contributed by atoms with Gasteiger partial charge in [0.25, 0.3) is 0 Å². The van der Waals surface area contributed by atoms with Crippen molar-refractivity contribution < 1.29 is 5.11 Å². The minimum atomic E-state index is 0.0116. The number of rotatable bonds is 1. The molecule has 2 aliphatic heterocycles. The lowest BCUT2D eigenvalue weighted by molar-refractivity contribution is 0.0309. The number of nitrogens with zero attached hydrogens (tertiary/aromatic N) is 1. The first-order valence-corrected chi connectivity index (χ1v) is 5.30. The molecule has 3 rings (SSSR count). The maximum Gasteiger partial charge on any atom is 0.0570 e. The van der Waals surface area contributed by atoms with Crippen molar-refractivity contribution in [3.63, 3.8) is 0 Å². The normalized spacial score (nSPS) is 48.2. The smallest absolute Gasteiger partial charge is 0.0570 e. The highest BCUT2D eigenvalue weighted by Crippen LogP contribution is 2.43. The highest BCUT2D eigenvalue weighted by atomic mass is 16.3. The Morgan fingerprint density at radius 1 is 0.833 bits per heavy atom. The summed E-state index contributed by atoms with van der Waals surface area (Å²) >= 11 is 0. The monoisotopic (exact) mass is 167 g/mol. The minimum Gasteiger partial charge on any atom is -0.393 e.